The van der Waals surface area contributed by atoms with Gasteiger partial charge in [-0.15, -0.1) is 0 Å². The molecule has 1 saturated heterocycles. The smallest absolute Gasteiger partial charge is 0.356 e. The van der Waals surface area contributed by atoms with Crippen LogP contribution in [0, 0.1) is 11.7 Å². The summed E-state index contributed by atoms with van der Waals surface area (Å²) in [5.74, 6) is -0.670. The van der Waals surface area contributed by atoms with Crippen molar-refractivity contribution in [3.05, 3.63) is 58.5 Å². The molecule has 3 rings (SSSR count). The molecule has 204 valence electrons. The topological polar surface area (TPSA) is 70.6 Å². The van der Waals surface area contributed by atoms with E-state index in [9.17, 15) is 30.8 Å². The summed E-state index contributed by atoms with van der Waals surface area (Å²) < 4.78 is 78.9. The summed E-state index contributed by atoms with van der Waals surface area (Å²) >= 11 is 0. The normalized spacial score (nSPS) is 16.3. The van der Waals surface area contributed by atoms with Gasteiger partial charge >= 0.3 is 6.18 Å². The third-order valence-electron chi connectivity index (χ3n) is 6.99. The lowest BCUT2D eigenvalue weighted by atomic mass is 9.92. The number of sulfonamides is 1. The van der Waals surface area contributed by atoms with Crippen LogP contribution in [0.5, 0.6) is 0 Å². The van der Waals surface area contributed by atoms with Crippen molar-refractivity contribution in [2.45, 2.75) is 58.2 Å². The first-order valence-electron chi connectivity index (χ1n) is 12.2. The average molecular weight is 544 g/mol. The number of halogens is 4. The third kappa shape index (κ3) is 7.50. The number of carbonyl (C=O) groups is 1. The SMILES string of the molecule is CC1CCN(c2nc(C(F)(F)F)ccc2CCC(=O)C(C)c2ccc(CN(C)S(C)(=O)=O)c(F)c2)CC1. The summed E-state index contributed by atoms with van der Waals surface area (Å²) in [5, 5.41) is 0. The molecule has 1 fully saturated rings. The highest BCUT2D eigenvalue weighted by atomic mass is 32.2. The molecular formula is C26H33F4N3O3S. The van der Waals surface area contributed by atoms with Gasteiger partial charge in [-0.25, -0.2) is 22.1 Å². The van der Waals surface area contributed by atoms with Gasteiger partial charge in [0.2, 0.25) is 10.0 Å². The first-order chi connectivity index (χ1) is 17.2. The summed E-state index contributed by atoms with van der Waals surface area (Å²) in [5.41, 5.74) is 0.256. The number of hydrogen-bond acceptors (Lipinski definition) is 5. The number of nitrogens with zero attached hydrogens (tertiary/aromatic N) is 3. The van der Waals surface area contributed by atoms with E-state index < -0.39 is 33.6 Å². The number of alkyl halides is 3. The standard InChI is InChI=1S/C26H33F4N3O3S/c1-17-11-13-33(14-12-17)25-19(8-10-24(31-25)26(28,29)30)7-9-23(34)18(2)20-5-6-21(22(27)15-20)16-32(3)37(4,35)36/h5-6,8,10,15,17-18H,7,9,11-14,16H2,1-4H3. The van der Waals surface area contributed by atoms with Crippen LogP contribution in [-0.2, 0) is 34.0 Å². The lowest BCUT2D eigenvalue weighted by Gasteiger charge is -2.33. The summed E-state index contributed by atoms with van der Waals surface area (Å²) in [6.07, 6.45) is -1.54. The number of anilines is 1. The highest BCUT2D eigenvalue weighted by Gasteiger charge is 2.34. The maximum atomic E-state index is 14.7. The van der Waals surface area contributed by atoms with E-state index >= 15 is 0 Å². The molecule has 0 saturated carbocycles. The largest absolute Gasteiger partial charge is 0.433 e. The van der Waals surface area contributed by atoms with Crippen molar-refractivity contribution in [1.29, 1.82) is 0 Å². The first-order valence-corrected chi connectivity index (χ1v) is 14.1. The van der Waals surface area contributed by atoms with Gasteiger partial charge in [-0.05, 0) is 48.4 Å². The van der Waals surface area contributed by atoms with Crippen molar-refractivity contribution in [1.82, 2.24) is 9.29 Å². The molecule has 2 heterocycles. The molecular weight excluding hydrogens is 510 g/mol. The lowest BCUT2D eigenvalue weighted by Crippen LogP contribution is -2.34. The number of aryl methyl sites for hydroxylation is 1. The lowest BCUT2D eigenvalue weighted by molar-refractivity contribution is -0.141. The Hall–Kier alpha value is -2.53. The zero-order chi connectivity index (χ0) is 27.5. The van der Waals surface area contributed by atoms with E-state index in [1.54, 1.807) is 13.0 Å². The van der Waals surface area contributed by atoms with Crippen molar-refractivity contribution < 1.29 is 30.8 Å². The number of carbonyl (C=O) groups excluding carboxylic acids is 1. The summed E-state index contributed by atoms with van der Waals surface area (Å²) in [7, 11) is -2.12. The second kappa shape index (κ2) is 11.5. The predicted octanol–water partition coefficient (Wildman–Crippen LogP) is 5.17. The average Bonchev–Trinajstić information content (AvgIpc) is 2.82. The van der Waals surface area contributed by atoms with Gasteiger partial charge in [0, 0.05) is 44.6 Å². The van der Waals surface area contributed by atoms with Crippen LogP contribution in [0.25, 0.3) is 0 Å². The fourth-order valence-corrected chi connectivity index (χ4v) is 4.68. The van der Waals surface area contributed by atoms with Gasteiger partial charge in [-0.2, -0.15) is 13.2 Å². The monoisotopic (exact) mass is 543 g/mol. The van der Waals surface area contributed by atoms with E-state index in [0.717, 1.165) is 29.5 Å². The summed E-state index contributed by atoms with van der Waals surface area (Å²) in [4.78, 5) is 18.7. The second-order valence-corrected chi connectivity index (χ2v) is 12.0. The number of piperidine rings is 1. The molecule has 37 heavy (non-hydrogen) atoms. The fraction of sp³-hybridized carbons (Fsp3) is 0.538. The van der Waals surface area contributed by atoms with E-state index in [2.05, 4.69) is 11.9 Å². The Morgan fingerprint density at radius 3 is 2.35 bits per heavy atom. The van der Waals surface area contributed by atoms with E-state index in [0.29, 0.717) is 30.1 Å². The van der Waals surface area contributed by atoms with Gasteiger partial charge < -0.3 is 4.90 Å². The van der Waals surface area contributed by atoms with E-state index in [1.165, 1.54) is 25.2 Å². The summed E-state index contributed by atoms with van der Waals surface area (Å²) in [6, 6.07) is 6.63. The molecule has 0 aliphatic carbocycles. The van der Waals surface area contributed by atoms with E-state index in [-0.39, 0.29) is 36.6 Å². The van der Waals surface area contributed by atoms with Gasteiger partial charge in [-0.1, -0.05) is 32.0 Å². The Morgan fingerprint density at radius 1 is 1.16 bits per heavy atom. The van der Waals surface area contributed by atoms with E-state index in [4.69, 9.17) is 0 Å². The number of benzene rings is 1. The number of aromatic nitrogens is 1. The fourth-order valence-electron chi connectivity index (χ4n) is 4.30. The van der Waals surface area contributed by atoms with Crippen molar-refractivity contribution in [3.63, 3.8) is 0 Å². The molecule has 0 bridgehead atoms. The number of pyridine rings is 1. The minimum Gasteiger partial charge on any atom is -0.356 e. The molecule has 2 aromatic rings. The Bertz CT molecular complexity index is 1230. The highest BCUT2D eigenvalue weighted by Crippen LogP contribution is 2.33. The maximum Gasteiger partial charge on any atom is 0.433 e. The Morgan fingerprint density at radius 2 is 1.78 bits per heavy atom. The van der Waals surface area contributed by atoms with Crippen LogP contribution in [0.1, 0.15) is 61.4 Å². The van der Waals surface area contributed by atoms with Crippen LogP contribution in [0.3, 0.4) is 0 Å². The molecule has 6 nitrogen and oxygen atoms in total. The van der Waals surface area contributed by atoms with Gasteiger partial charge in [-0.3, -0.25) is 4.79 Å². The third-order valence-corrected chi connectivity index (χ3v) is 8.25. The van der Waals surface area contributed by atoms with Crippen LogP contribution in [0.15, 0.2) is 30.3 Å². The number of hydrogen-bond donors (Lipinski definition) is 0. The van der Waals surface area contributed by atoms with Crippen LogP contribution in [-0.4, -0.2) is 49.9 Å². The molecule has 1 atom stereocenters. The molecule has 1 aromatic carbocycles. The zero-order valence-corrected chi connectivity index (χ0v) is 22.3. The Kier molecular flexibility index (Phi) is 9.00. The molecule has 1 aromatic heterocycles. The van der Waals surface area contributed by atoms with Gasteiger partial charge in [0.05, 0.1) is 6.26 Å². The first kappa shape index (κ1) is 29.0. The molecule has 1 aliphatic rings. The molecule has 0 N–H and O–H groups in total. The van der Waals surface area contributed by atoms with Gasteiger partial charge in [0.25, 0.3) is 0 Å². The Balaban J connectivity index is 1.73. The predicted molar refractivity (Wildman–Crippen MR) is 134 cm³/mol. The zero-order valence-electron chi connectivity index (χ0n) is 21.5. The highest BCUT2D eigenvalue weighted by molar-refractivity contribution is 7.88. The maximum absolute atomic E-state index is 14.7. The van der Waals surface area contributed by atoms with Crippen molar-refractivity contribution in [2.24, 2.45) is 5.92 Å². The number of rotatable bonds is 9. The number of ketones is 1. The van der Waals surface area contributed by atoms with Crippen LogP contribution in [0.4, 0.5) is 23.4 Å². The molecule has 1 unspecified atom stereocenters. The molecule has 0 spiro atoms. The Labute approximate surface area is 215 Å². The van der Waals surface area contributed by atoms with Gasteiger partial charge in [0.1, 0.15) is 23.1 Å². The molecule has 11 heteroatoms. The minimum atomic E-state index is -4.56. The van der Waals surface area contributed by atoms with Crippen LogP contribution >= 0.6 is 0 Å². The molecule has 1 aliphatic heterocycles. The van der Waals surface area contributed by atoms with E-state index in [1.807, 2.05) is 4.90 Å². The molecule has 0 amide bonds. The van der Waals surface area contributed by atoms with Crippen LogP contribution < -0.4 is 4.90 Å². The van der Waals surface area contributed by atoms with Crippen molar-refractivity contribution in [3.8, 4) is 0 Å². The van der Waals surface area contributed by atoms with Crippen molar-refractivity contribution in [2.75, 3.05) is 31.3 Å². The molecule has 0 radical (unpaired) electrons. The van der Waals surface area contributed by atoms with Gasteiger partial charge in [0.15, 0.2) is 0 Å². The summed E-state index contributed by atoms with van der Waals surface area (Å²) in [6.45, 7) is 4.83. The van der Waals surface area contributed by atoms with Crippen LogP contribution in [0.2, 0.25) is 0 Å². The van der Waals surface area contributed by atoms with Crippen molar-refractivity contribution >= 4 is 21.6 Å². The number of Topliss-reactive ketones (excluding diaryl/α,β-unsaturated/α-hetero) is 1. The quantitative estimate of drug-likeness (QED) is 0.408. The minimum absolute atomic E-state index is 0.0612. The second-order valence-electron chi connectivity index (χ2n) is 9.90.